The average molecular weight is 307 g/mol. The van der Waals surface area contributed by atoms with E-state index in [0.717, 1.165) is 18.0 Å². The third kappa shape index (κ3) is 3.86. The summed E-state index contributed by atoms with van der Waals surface area (Å²) in [5.41, 5.74) is 0. The fourth-order valence-corrected chi connectivity index (χ4v) is 4.53. The molecule has 1 fully saturated rings. The molecule has 2 unspecified atom stereocenters. The number of thioether (sulfide) groups is 1. The Bertz CT molecular complexity index is 466. The third-order valence-corrected chi connectivity index (χ3v) is 5.61. The van der Waals surface area contributed by atoms with E-state index >= 15 is 0 Å². The Kier molecular flexibility index (Phi) is 5.31. The van der Waals surface area contributed by atoms with Gasteiger partial charge < -0.3 is 14.8 Å². The molecule has 1 saturated carbocycles. The number of fused-ring (bicyclic) bond motifs is 1. The highest BCUT2D eigenvalue weighted by atomic mass is 32.2. The summed E-state index contributed by atoms with van der Waals surface area (Å²) >= 11 is 2.00. The molecular weight excluding hydrogens is 282 g/mol. The maximum absolute atomic E-state index is 5.70. The minimum absolute atomic E-state index is 0.635. The Morgan fingerprint density at radius 1 is 1.10 bits per heavy atom. The first-order chi connectivity index (χ1) is 10.4. The van der Waals surface area contributed by atoms with Crippen molar-refractivity contribution in [3.05, 3.63) is 18.2 Å². The standard InChI is InChI=1S/C17H25NO2S/c1-2-18-14-6-4-3-5-7-17(14)21-13-8-9-15-16(12-13)20-11-10-19-15/h8-9,12,14,17-18H,2-7,10-11H2,1H3. The summed E-state index contributed by atoms with van der Waals surface area (Å²) in [5, 5.41) is 4.34. The van der Waals surface area contributed by atoms with Crippen molar-refractivity contribution in [2.75, 3.05) is 19.8 Å². The van der Waals surface area contributed by atoms with E-state index < -0.39 is 0 Å². The molecule has 1 N–H and O–H groups in total. The lowest BCUT2D eigenvalue weighted by Crippen LogP contribution is -2.37. The lowest BCUT2D eigenvalue weighted by molar-refractivity contribution is 0.171. The molecule has 1 aromatic rings. The van der Waals surface area contributed by atoms with Gasteiger partial charge in [-0.2, -0.15) is 0 Å². The van der Waals surface area contributed by atoms with Crippen molar-refractivity contribution in [2.24, 2.45) is 0 Å². The van der Waals surface area contributed by atoms with E-state index in [9.17, 15) is 0 Å². The van der Waals surface area contributed by atoms with E-state index in [2.05, 4.69) is 30.4 Å². The van der Waals surface area contributed by atoms with Crippen LogP contribution in [-0.4, -0.2) is 31.1 Å². The molecule has 1 aliphatic carbocycles. The number of rotatable bonds is 4. The summed E-state index contributed by atoms with van der Waals surface area (Å²) in [6.07, 6.45) is 6.69. The van der Waals surface area contributed by atoms with Crippen LogP contribution < -0.4 is 14.8 Å². The van der Waals surface area contributed by atoms with Crippen LogP contribution in [0, 0.1) is 0 Å². The molecule has 0 saturated heterocycles. The van der Waals surface area contributed by atoms with Gasteiger partial charge in [0.25, 0.3) is 0 Å². The van der Waals surface area contributed by atoms with E-state index in [1.165, 1.54) is 37.0 Å². The maximum Gasteiger partial charge on any atom is 0.162 e. The monoisotopic (exact) mass is 307 g/mol. The van der Waals surface area contributed by atoms with E-state index in [1.54, 1.807) is 0 Å². The molecule has 1 heterocycles. The Morgan fingerprint density at radius 2 is 1.90 bits per heavy atom. The molecule has 0 bridgehead atoms. The normalized spacial score (nSPS) is 25.4. The molecule has 2 aliphatic rings. The zero-order chi connectivity index (χ0) is 14.5. The summed E-state index contributed by atoms with van der Waals surface area (Å²) in [4.78, 5) is 1.30. The van der Waals surface area contributed by atoms with Crippen LogP contribution in [0.5, 0.6) is 11.5 Å². The van der Waals surface area contributed by atoms with E-state index in [4.69, 9.17) is 9.47 Å². The third-order valence-electron chi connectivity index (χ3n) is 4.22. The molecule has 1 aliphatic heterocycles. The Hall–Kier alpha value is -0.870. The van der Waals surface area contributed by atoms with Gasteiger partial charge in [-0.1, -0.05) is 26.2 Å². The van der Waals surface area contributed by atoms with Gasteiger partial charge in [0.05, 0.1) is 0 Å². The van der Waals surface area contributed by atoms with Gasteiger partial charge in [-0.05, 0) is 37.6 Å². The molecule has 0 spiro atoms. The highest BCUT2D eigenvalue weighted by molar-refractivity contribution is 8.00. The van der Waals surface area contributed by atoms with Gasteiger partial charge in [-0.25, -0.2) is 0 Å². The molecule has 0 amide bonds. The van der Waals surface area contributed by atoms with Crippen LogP contribution in [0.1, 0.15) is 39.0 Å². The van der Waals surface area contributed by atoms with Crippen molar-refractivity contribution in [1.29, 1.82) is 0 Å². The van der Waals surface area contributed by atoms with Gasteiger partial charge in [-0.3, -0.25) is 0 Å². The van der Waals surface area contributed by atoms with Gasteiger partial charge in [0.15, 0.2) is 11.5 Å². The second-order valence-corrected chi connectivity index (χ2v) is 7.08. The Labute approximate surface area is 131 Å². The van der Waals surface area contributed by atoms with Gasteiger partial charge in [0.1, 0.15) is 13.2 Å². The summed E-state index contributed by atoms with van der Waals surface area (Å²) in [5.74, 6) is 1.79. The quantitative estimate of drug-likeness (QED) is 0.856. The van der Waals surface area contributed by atoms with Crippen LogP contribution in [0.3, 0.4) is 0 Å². The van der Waals surface area contributed by atoms with Crippen LogP contribution in [0.4, 0.5) is 0 Å². The van der Waals surface area contributed by atoms with E-state index in [0.29, 0.717) is 24.5 Å². The van der Waals surface area contributed by atoms with Crippen LogP contribution in [0.2, 0.25) is 0 Å². The second kappa shape index (κ2) is 7.41. The predicted octanol–water partition coefficient (Wildman–Crippen LogP) is 3.86. The molecule has 0 aromatic heterocycles. The molecule has 21 heavy (non-hydrogen) atoms. The van der Waals surface area contributed by atoms with Crippen molar-refractivity contribution < 1.29 is 9.47 Å². The zero-order valence-corrected chi connectivity index (χ0v) is 13.6. The number of benzene rings is 1. The van der Waals surface area contributed by atoms with Crippen molar-refractivity contribution in [2.45, 2.75) is 55.2 Å². The molecule has 3 rings (SSSR count). The summed E-state index contributed by atoms with van der Waals surface area (Å²) in [6.45, 7) is 4.58. The first-order valence-corrected chi connectivity index (χ1v) is 9.04. The van der Waals surface area contributed by atoms with Crippen molar-refractivity contribution in [1.82, 2.24) is 5.32 Å². The molecule has 116 valence electrons. The first kappa shape index (κ1) is 15.0. The van der Waals surface area contributed by atoms with E-state index in [1.807, 2.05) is 11.8 Å². The minimum Gasteiger partial charge on any atom is -0.486 e. The summed E-state index contributed by atoms with van der Waals surface area (Å²) in [6, 6.07) is 7.00. The van der Waals surface area contributed by atoms with Crippen LogP contribution in [-0.2, 0) is 0 Å². The predicted molar refractivity (Wildman–Crippen MR) is 87.6 cm³/mol. The van der Waals surface area contributed by atoms with Crippen LogP contribution in [0.15, 0.2) is 23.1 Å². The minimum atomic E-state index is 0.635. The SMILES string of the molecule is CCNC1CCCCCC1Sc1ccc2c(c1)OCCO2. The zero-order valence-electron chi connectivity index (χ0n) is 12.8. The van der Waals surface area contributed by atoms with Crippen molar-refractivity contribution in [3.8, 4) is 11.5 Å². The number of nitrogens with one attached hydrogen (secondary N) is 1. The van der Waals surface area contributed by atoms with Crippen molar-refractivity contribution in [3.63, 3.8) is 0 Å². The summed E-state index contributed by atoms with van der Waals surface area (Å²) in [7, 11) is 0. The van der Waals surface area contributed by atoms with Gasteiger partial charge in [-0.15, -0.1) is 11.8 Å². The maximum atomic E-state index is 5.70. The lowest BCUT2D eigenvalue weighted by atomic mass is 10.1. The number of hydrogen-bond acceptors (Lipinski definition) is 4. The largest absolute Gasteiger partial charge is 0.486 e. The smallest absolute Gasteiger partial charge is 0.162 e. The fourth-order valence-electron chi connectivity index (χ4n) is 3.18. The van der Waals surface area contributed by atoms with Crippen molar-refractivity contribution >= 4 is 11.8 Å². The highest BCUT2D eigenvalue weighted by Gasteiger charge is 2.24. The number of ether oxygens (including phenoxy) is 2. The fraction of sp³-hybridized carbons (Fsp3) is 0.647. The Morgan fingerprint density at radius 3 is 2.76 bits per heavy atom. The topological polar surface area (TPSA) is 30.5 Å². The summed E-state index contributed by atoms with van der Waals surface area (Å²) < 4.78 is 11.3. The molecule has 4 heteroatoms. The second-order valence-electron chi connectivity index (χ2n) is 5.76. The van der Waals surface area contributed by atoms with E-state index in [-0.39, 0.29) is 0 Å². The average Bonchev–Trinajstić information content (AvgIpc) is 2.73. The first-order valence-electron chi connectivity index (χ1n) is 8.16. The van der Waals surface area contributed by atoms with Gasteiger partial charge in [0, 0.05) is 16.2 Å². The molecule has 0 radical (unpaired) electrons. The van der Waals surface area contributed by atoms with Gasteiger partial charge in [0.2, 0.25) is 0 Å². The van der Waals surface area contributed by atoms with Crippen LogP contribution >= 0.6 is 11.8 Å². The molecule has 3 nitrogen and oxygen atoms in total. The molecule has 1 aromatic carbocycles. The lowest BCUT2D eigenvalue weighted by Gasteiger charge is -2.26. The number of hydrogen-bond donors (Lipinski definition) is 1. The van der Waals surface area contributed by atoms with Crippen LogP contribution in [0.25, 0.3) is 0 Å². The molecule has 2 atom stereocenters. The van der Waals surface area contributed by atoms with Gasteiger partial charge >= 0.3 is 0 Å². The Balaban J connectivity index is 1.71. The highest BCUT2D eigenvalue weighted by Crippen LogP contribution is 2.38. The molecular formula is C17H25NO2S.